The number of nitrogens with zero attached hydrogens (tertiary/aromatic N) is 1. The first-order valence-corrected chi connectivity index (χ1v) is 2.46. The van der Waals surface area contributed by atoms with E-state index >= 15 is 0 Å². The Morgan fingerprint density at radius 2 is 2.78 bits per heavy atom. The van der Waals surface area contributed by atoms with E-state index < -0.39 is 13.2 Å². The van der Waals surface area contributed by atoms with Crippen molar-refractivity contribution in [2.45, 2.75) is 13.2 Å². The summed E-state index contributed by atoms with van der Waals surface area (Å²) in [4.78, 5) is 3.65. The SMILES string of the molecule is [2H]C([2H])([2H])C([2H])([2H])c1cncc(N)c1. The minimum atomic E-state index is -2.72. The quantitative estimate of drug-likeness (QED) is 0.616. The zero-order valence-corrected chi connectivity index (χ0v) is 4.76. The highest BCUT2D eigenvalue weighted by Crippen LogP contribution is 2.02. The number of pyridine rings is 1. The van der Waals surface area contributed by atoms with Gasteiger partial charge in [-0.1, -0.05) is 6.85 Å². The van der Waals surface area contributed by atoms with Gasteiger partial charge in [-0.2, -0.15) is 0 Å². The van der Waals surface area contributed by atoms with Crippen molar-refractivity contribution in [3.63, 3.8) is 0 Å². The normalized spacial score (nSPS) is 20.7. The molecular formula is C7H10N2. The molecule has 0 aliphatic heterocycles. The van der Waals surface area contributed by atoms with Gasteiger partial charge in [0.2, 0.25) is 0 Å². The molecule has 0 spiro atoms. The highest BCUT2D eigenvalue weighted by Gasteiger charge is 1.87. The molecule has 0 radical (unpaired) electrons. The number of hydrogen-bond donors (Lipinski definition) is 1. The van der Waals surface area contributed by atoms with Gasteiger partial charge >= 0.3 is 0 Å². The topological polar surface area (TPSA) is 38.9 Å². The van der Waals surface area contributed by atoms with Crippen LogP contribution in [0, 0.1) is 0 Å². The highest BCUT2D eigenvalue weighted by molar-refractivity contribution is 5.36. The van der Waals surface area contributed by atoms with Crippen LogP contribution in [0.5, 0.6) is 0 Å². The molecule has 0 aliphatic carbocycles. The molecule has 2 heteroatoms. The summed E-state index contributed by atoms with van der Waals surface area (Å²) in [6.07, 6.45) is 0.0806. The molecule has 1 aromatic heterocycles. The third-order valence-electron chi connectivity index (χ3n) is 0.904. The van der Waals surface area contributed by atoms with Gasteiger partial charge in [0, 0.05) is 19.2 Å². The maximum atomic E-state index is 7.42. The van der Waals surface area contributed by atoms with Crippen molar-refractivity contribution >= 4 is 5.69 Å². The fourth-order valence-electron chi connectivity index (χ4n) is 0.526. The average Bonchev–Trinajstić information content (AvgIpc) is 2.02. The number of aromatic nitrogens is 1. The van der Waals surface area contributed by atoms with Crippen LogP contribution in [-0.2, 0) is 6.37 Å². The largest absolute Gasteiger partial charge is 0.397 e. The fraction of sp³-hybridized carbons (Fsp3) is 0.286. The molecule has 0 amide bonds. The van der Waals surface area contributed by atoms with E-state index in [-0.39, 0.29) is 11.3 Å². The second-order valence-corrected chi connectivity index (χ2v) is 1.63. The summed E-state index contributed by atoms with van der Waals surface area (Å²) in [5.41, 5.74) is 5.60. The summed E-state index contributed by atoms with van der Waals surface area (Å²) in [6, 6.07) is 1.28. The van der Waals surface area contributed by atoms with Crippen molar-refractivity contribution in [1.29, 1.82) is 0 Å². The summed E-state index contributed by atoms with van der Waals surface area (Å²) in [6.45, 7) is -2.72. The maximum absolute atomic E-state index is 7.42. The van der Waals surface area contributed by atoms with E-state index in [0.717, 1.165) is 0 Å². The Bertz CT molecular complexity index is 333. The Hall–Kier alpha value is -1.05. The number of hydrogen-bond acceptors (Lipinski definition) is 2. The lowest BCUT2D eigenvalue weighted by Gasteiger charge is -1.94. The monoisotopic (exact) mass is 127 g/mol. The zero-order chi connectivity index (χ0) is 11.0. The maximum Gasteiger partial charge on any atom is 0.0503 e. The molecule has 0 fully saturated rings. The van der Waals surface area contributed by atoms with Crippen LogP contribution in [0.25, 0.3) is 0 Å². The van der Waals surface area contributed by atoms with E-state index in [2.05, 4.69) is 4.98 Å². The second-order valence-electron chi connectivity index (χ2n) is 1.63. The zero-order valence-electron chi connectivity index (χ0n) is 9.76. The Morgan fingerprint density at radius 1 is 1.89 bits per heavy atom. The molecule has 2 N–H and O–H groups in total. The van der Waals surface area contributed by atoms with E-state index in [9.17, 15) is 0 Å². The smallest absolute Gasteiger partial charge is 0.0503 e. The lowest BCUT2D eigenvalue weighted by molar-refractivity contribution is 1.11. The summed E-state index contributed by atoms with van der Waals surface area (Å²) in [5, 5.41) is 0. The Balaban J connectivity index is 3.16. The van der Waals surface area contributed by atoms with Gasteiger partial charge in [0.05, 0.1) is 5.69 Å². The van der Waals surface area contributed by atoms with Gasteiger partial charge in [-0.3, -0.25) is 4.98 Å². The van der Waals surface area contributed by atoms with Crippen LogP contribution in [0.4, 0.5) is 5.69 Å². The van der Waals surface area contributed by atoms with E-state index in [4.69, 9.17) is 12.6 Å². The summed E-state index contributed by atoms with van der Waals surface area (Å²) in [7, 11) is 0. The lowest BCUT2D eigenvalue weighted by atomic mass is 10.2. The van der Waals surface area contributed by atoms with Crippen LogP contribution in [-0.4, -0.2) is 4.98 Å². The van der Waals surface area contributed by atoms with Gasteiger partial charge in [0.25, 0.3) is 0 Å². The predicted molar refractivity (Wildman–Crippen MR) is 38.0 cm³/mol. The molecular weight excluding hydrogens is 112 g/mol. The van der Waals surface area contributed by atoms with Crippen molar-refractivity contribution in [3.05, 3.63) is 24.0 Å². The van der Waals surface area contributed by atoms with Crippen molar-refractivity contribution in [2.24, 2.45) is 0 Å². The third-order valence-corrected chi connectivity index (χ3v) is 0.904. The molecule has 0 saturated heterocycles. The van der Waals surface area contributed by atoms with Gasteiger partial charge in [-0.25, -0.2) is 0 Å². The molecule has 0 aromatic carbocycles. The van der Waals surface area contributed by atoms with Gasteiger partial charge in [-0.15, -0.1) is 0 Å². The number of anilines is 1. The van der Waals surface area contributed by atoms with E-state index in [1.54, 1.807) is 0 Å². The number of nitrogen functional groups attached to an aromatic ring is 1. The standard InChI is InChI=1S/C7H10N2/c1-2-6-3-7(8)5-9-4-6/h3-5H,2,8H2,1H3/i1D3,2D2. The third kappa shape index (κ3) is 1.42. The van der Waals surface area contributed by atoms with Gasteiger partial charge in [-0.05, 0) is 18.0 Å². The highest BCUT2D eigenvalue weighted by atomic mass is 14.7. The van der Waals surface area contributed by atoms with Gasteiger partial charge in [0.15, 0.2) is 0 Å². The average molecular weight is 127 g/mol. The molecule has 0 atom stereocenters. The van der Waals surface area contributed by atoms with Crippen molar-refractivity contribution in [1.82, 2.24) is 4.98 Å². The Kier molecular flexibility index (Phi) is 0.632. The van der Waals surface area contributed by atoms with Crippen LogP contribution < -0.4 is 5.73 Å². The Morgan fingerprint density at radius 3 is 3.44 bits per heavy atom. The molecule has 2 nitrogen and oxygen atoms in total. The van der Waals surface area contributed by atoms with Crippen molar-refractivity contribution < 1.29 is 6.85 Å². The fourth-order valence-corrected chi connectivity index (χ4v) is 0.526. The molecule has 48 valence electrons. The van der Waals surface area contributed by atoms with Crippen LogP contribution in [0.3, 0.4) is 0 Å². The van der Waals surface area contributed by atoms with Crippen LogP contribution >= 0.6 is 0 Å². The van der Waals surface area contributed by atoms with Crippen LogP contribution in [0.2, 0.25) is 0 Å². The lowest BCUT2D eigenvalue weighted by Crippen LogP contribution is -1.88. The minimum absolute atomic E-state index is 0.0301. The molecule has 0 unspecified atom stereocenters. The molecule has 0 saturated carbocycles. The first-order chi connectivity index (χ1) is 6.25. The van der Waals surface area contributed by atoms with E-state index in [1.807, 2.05) is 0 Å². The van der Waals surface area contributed by atoms with E-state index in [0.29, 0.717) is 0 Å². The number of nitrogens with two attached hydrogens (primary N) is 1. The molecule has 9 heavy (non-hydrogen) atoms. The van der Waals surface area contributed by atoms with Gasteiger partial charge < -0.3 is 5.73 Å². The molecule has 0 aliphatic rings. The number of rotatable bonds is 1. The predicted octanol–water partition coefficient (Wildman–Crippen LogP) is 1.23. The van der Waals surface area contributed by atoms with Crippen LogP contribution in [0.15, 0.2) is 18.5 Å². The van der Waals surface area contributed by atoms with E-state index in [1.165, 1.54) is 18.5 Å². The molecule has 1 rings (SSSR count). The first-order valence-electron chi connectivity index (χ1n) is 4.96. The molecule has 1 aromatic rings. The summed E-state index contributed by atoms with van der Waals surface area (Å²) >= 11 is 0. The summed E-state index contributed by atoms with van der Waals surface area (Å²) < 4.78 is 35.9. The molecule has 0 bridgehead atoms. The van der Waals surface area contributed by atoms with Crippen LogP contribution in [0.1, 0.15) is 19.3 Å². The Labute approximate surface area is 61.7 Å². The van der Waals surface area contributed by atoms with Crippen molar-refractivity contribution in [2.75, 3.05) is 5.73 Å². The first kappa shape index (κ1) is 2.29. The second kappa shape index (κ2) is 2.49. The number of aryl methyl sites for hydroxylation is 1. The minimum Gasteiger partial charge on any atom is -0.397 e. The molecule has 1 heterocycles. The van der Waals surface area contributed by atoms with Crippen molar-refractivity contribution in [3.8, 4) is 0 Å². The van der Waals surface area contributed by atoms with Gasteiger partial charge in [0.1, 0.15) is 0 Å². The summed E-state index contributed by atoms with van der Waals surface area (Å²) in [5.74, 6) is 0.